The predicted molar refractivity (Wildman–Crippen MR) is 94.2 cm³/mol. The zero-order valence-electron chi connectivity index (χ0n) is 15.1. The third kappa shape index (κ3) is 2.61. The minimum absolute atomic E-state index is 0.113. The molecule has 0 bridgehead atoms. The number of piperidine rings is 1. The number of hydrogen-bond acceptors (Lipinski definition) is 5. The molecule has 4 rings (SSSR count). The van der Waals surface area contributed by atoms with E-state index in [-0.39, 0.29) is 23.3 Å². The molecule has 1 saturated heterocycles. The molecule has 1 aliphatic rings. The number of hydrogen-bond donors (Lipinski definition) is 1. The molecule has 1 amide bonds. The van der Waals surface area contributed by atoms with Gasteiger partial charge in [-0.1, -0.05) is 5.16 Å². The van der Waals surface area contributed by atoms with Gasteiger partial charge in [-0.05, 0) is 40.0 Å². The first-order valence-electron chi connectivity index (χ1n) is 8.79. The summed E-state index contributed by atoms with van der Waals surface area (Å²) < 4.78 is 6.61. The molecule has 8 nitrogen and oxygen atoms in total. The van der Waals surface area contributed by atoms with Crippen LogP contribution in [0.15, 0.2) is 21.5 Å². The number of aryl methyl sites for hydroxylation is 2. The van der Waals surface area contributed by atoms with Gasteiger partial charge in [0.25, 0.3) is 11.5 Å². The van der Waals surface area contributed by atoms with E-state index < -0.39 is 0 Å². The molecule has 136 valence electrons. The molecule has 0 spiro atoms. The lowest BCUT2D eigenvalue weighted by atomic mass is 9.99. The predicted octanol–water partition coefficient (Wildman–Crippen LogP) is 2.30. The molecule has 4 heterocycles. The number of likely N-dealkylation sites (tertiary alicyclic amines) is 1. The molecular formula is C18H21N5O3. The Labute approximate surface area is 149 Å². The zero-order valence-corrected chi connectivity index (χ0v) is 15.1. The standard InChI is InChI=1S/C18H21N5O3/c1-10-8-15(26-21-10)18(25)22-7-5-4-6-14(22)13-9-16-19-12(3)11(2)17(24)23(16)20-13/h8-9,14,20H,4-7H2,1-3H3/t14-/m0/s1. The van der Waals surface area contributed by atoms with Crippen LogP contribution in [-0.4, -0.2) is 37.1 Å². The van der Waals surface area contributed by atoms with E-state index in [1.807, 2.05) is 13.0 Å². The van der Waals surface area contributed by atoms with Gasteiger partial charge in [-0.3, -0.25) is 14.7 Å². The highest BCUT2D eigenvalue weighted by Crippen LogP contribution is 2.31. The van der Waals surface area contributed by atoms with Crippen molar-refractivity contribution >= 4 is 11.6 Å². The number of aromatic nitrogens is 4. The van der Waals surface area contributed by atoms with Gasteiger partial charge in [0.05, 0.1) is 17.4 Å². The Bertz CT molecular complexity index is 1040. The van der Waals surface area contributed by atoms with Crippen molar-refractivity contribution in [1.82, 2.24) is 24.7 Å². The van der Waals surface area contributed by atoms with Gasteiger partial charge in [0.2, 0.25) is 5.76 Å². The van der Waals surface area contributed by atoms with Gasteiger partial charge in [-0.2, -0.15) is 0 Å². The number of rotatable bonds is 2. The van der Waals surface area contributed by atoms with Crippen LogP contribution < -0.4 is 5.56 Å². The second-order valence-electron chi connectivity index (χ2n) is 6.88. The van der Waals surface area contributed by atoms with E-state index >= 15 is 0 Å². The van der Waals surface area contributed by atoms with E-state index in [4.69, 9.17) is 4.52 Å². The first-order chi connectivity index (χ1) is 12.5. The van der Waals surface area contributed by atoms with Gasteiger partial charge in [0.1, 0.15) is 0 Å². The highest BCUT2D eigenvalue weighted by atomic mass is 16.5. The lowest BCUT2D eigenvalue weighted by Gasteiger charge is -2.34. The number of aromatic amines is 1. The summed E-state index contributed by atoms with van der Waals surface area (Å²) in [6.07, 6.45) is 2.77. The van der Waals surface area contributed by atoms with Crippen molar-refractivity contribution in [3.8, 4) is 0 Å². The Morgan fingerprint density at radius 2 is 2.08 bits per heavy atom. The summed E-state index contributed by atoms with van der Waals surface area (Å²) in [5.74, 6) is 0.0640. The van der Waals surface area contributed by atoms with Crippen LogP contribution in [-0.2, 0) is 0 Å². The minimum Gasteiger partial charge on any atom is -0.351 e. The molecule has 0 aromatic carbocycles. The fraction of sp³-hybridized carbons (Fsp3) is 0.444. The fourth-order valence-electron chi connectivity index (χ4n) is 3.51. The fourth-order valence-corrected chi connectivity index (χ4v) is 3.51. The summed E-state index contributed by atoms with van der Waals surface area (Å²) in [7, 11) is 0. The van der Waals surface area contributed by atoms with Gasteiger partial charge in [-0.15, -0.1) is 0 Å². The highest BCUT2D eigenvalue weighted by molar-refractivity contribution is 5.91. The van der Waals surface area contributed by atoms with Crippen molar-refractivity contribution in [2.75, 3.05) is 6.54 Å². The summed E-state index contributed by atoms with van der Waals surface area (Å²) in [5, 5.41) is 6.96. The average Bonchev–Trinajstić information content (AvgIpc) is 3.25. The summed E-state index contributed by atoms with van der Waals surface area (Å²) >= 11 is 0. The molecule has 1 atom stereocenters. The summed E-state index contributed by atoms with van der Waals surface area (Å²) in [6.45, 7) is 6.01. The molecule has 1 N–H and O–H groups in total. The number of H-pyrrole nitrogens is 1. The van der Waals surface area contributed by atoms with E-state index in [9.17, 15) is 9.59 Å². The summed E-state index contributed by atoms with van der Waals surface area (Å²) in [4.78, 5) is 31.6. The highest BCUT2D eigenvalue weighted by Gasteiger charge is 2.32. The molecule has 0 aliphatic carbocycles. The maximum absolute atomic E-state index is 12.9. The van der Waals surface area contributed by atoms with E-state index in [0.717, 1.165) is 25.0 Å². The third-order valence-corrected chi connectivity index (χ3v) is 5.06. The van der Waals surface area contributed by atoms with Gasteiger partial charge < -0.3 is 9.42 Å². The Morgan fingerprint density at radius 3 is 2.81 bits per heavy atom. The number of nitrogens with one attached hydrogen (secondary N) is 1. The molecule has 1 aliphatic heterocycles. The SMILES string of the molecule is Cc1cc(C(=O)N2CCCC[C@H]2c2cc3nc(C)c(C)c(=O)n3[nH]2)on1. The summed E-state index contributed by atoms with van der Waals surface area (Å²) in [5.41, 5.74) is 3.27. The van der Waals surface area contributed by atoms with Crippen molar-refractivity contribution in [2.24, 2.45) is 0 Å². The lowest BCUT2D eigenvalue weighted by Crippen LogP contribution is -2.38. The van der Waals surface area contributed by atoms with Crippen LogP contribution in [0.4, 0.5) is 0 Å². The largest absolute Gasteiger partial charge is 0.351 e. The Hall–Kier alpha value is -2.90. The molecule has 0 unspecified atom stereocenters. The molecule has 0 saturated carbocycles. The Balaban J connectivity index is 1.75. The van der Waals surface area contributed by atoms with Crippen molar-refractivity contribution in [3.63, 3.8) is 0 Å². The van der Waals surface area contributed by atoms with Crippen LogP contribution >= 0.6 is 0 Å². The number of carbonyl (C=O) groups is 1. The van der Waals surface area contributed by atoms with Crippen molar-refractivity contribution < 1.29 is 9.32 Å². The quantitative estimate of drug-likeness (QED) is 0.761. The van der Waals surface area contributed by atoms with Crippen LogP contribution in [0.5, 0.6) is 0 Å². The summed E-state index contributed by atoms with van der Waals surface area (Å²) in [6, 6.07) is 3.36. The first-order valence-corrected chi connectivity index (χ1v) is 8.79. The average molecular weight is 355 g/mol. The van der Waals surface area contributed by atoms with Gasteiger partial charge in [0.15, 0.2) is 5.65 Å². The zero-order chi connectivity index (χ0) is 18.4. The molecule has 0 radical (unpaired) electrons. The van der Waals surface area contributed by atoms with Crippen LogP contribution in [0, 0.1) is 20.8 Å². The third-order valence-electron chi connectivity index (χ3n) is 5.06. The van der Waals surface area contributed by atoms with Gasteiger partial charge in [-0.25, -0.2) is 9.50 Å². The number of carbonyl (C=O) groups excluding carboxylic acids is 1. The molecule has 1 fully saturated rings. The molecule has 3 aromatic rings. The van der Waals surface area contributed by atoms with Crippen LogP contribution in [0.3, 0.4) is 0 Å². The Morgan fingerprint density at radius 1 is 1.27 bits per heavy atom. The number of fused-ring (bicyclic) bond motifs is 1. The molecule has 8 heteroatoms. The van der Waals surface area contributed by atoms with Crippen molar-refractivity contribution in [3.05, 3.63) is 50.9 Å². The van der Waals surface area contributed by atoms with Crippen LogP contribution in [0.1, 0.15) is 58.5 Å². The normalized spacial score (nSPS) is 17.8. The maximum Gasteiger partial charge on any atom is 0.293 e. The molecule has 3 aromatic heterocycles. The van der Waals surface area contributed by atoms with E-state index in [1.165, 1.54) is 4.52 Å². The van der Waals surface area contributed by atoms with Crippen molar-refractivity contribution in [2.45, 2.75) is 46.1 Å². The van der Waals surface area contributed by atoms with Gasteiger partial charge in [0, 0.05) is 29.9 Å². The number of nitrogens with zero attached hydrogens (tertiary/aromatic N) is 4. The second-order valence-corrected chi connectivity index (χ2v) is 6.88. The number of amides is 1. The van der Waals surface area contributed by atoms with E-state index in [0.29, 0.717) is 29.1 Å². The van der Waals surface area contributed by atoms with Crippen molar-refractivity contribution in [1.29, 1.82) is 0 Å². The topological polar surface area (TPSA) is 96.5 Å². The van der Waals surface area contributed by atoms with Crippen LogP contribution in [0.2, 0.25) is 0 Å². The maximum atomic E-state index is 12.9. The van der Waals surface area contributed by atoms with E-state index in [2.05, 4.69) is 15.2 Å². The minimum atomic E-state index is -0.179. The van der Waals surface area contributed by atoms with Crippen LogP contribution in [0.25, 0.3) is 5.65 Å². The first kappa shape index (κ1) is 16.6. The molecule has 26 heavy (non-hydrogen) atoms. The monoisotopic (exact) mass is 355 g/mol. The lowest BCUT2D eigenvalue weighted by molar-refractivity contribution is 0.0563. The second kappa shape index (κ2) is 6.12. The smallest absolute Gasteiger partial charge is 0.293 e. The van der Waals surface area contributed by atoms with Gasteiger partial charge >= 0.3 is 0 Å². The Kier molecular flexibility index (Phi) is 3.90. The molecular weight excluding hydrogens is 334 g/mol. The van der Waals surface area contributed by atoms with E-state index in [1.54, 1.807) is 24.8 Å².